The van der Waals surface area contributed by atoms with Crippen molar-refractivity contribution in [2.24, 2.45) is 0 Å². The lowest BCUT2D eigenvalue weighted by molar-refractivity contribution is 0.0619. The van der Waals surface area contributed by atoms with E-state index in [9.17, 15) is 4.79 Å². The van der Waals surface area contributed by atoms with Crippen LogP contribution in [0, 0.1) is 0 Å². The van der Waals surface area contributed by atoms with E-state index in [1.807, 2.05) is 43.0 Å². The van der Waals surface area contributed by atoms with Crippen LogP contribution in [0.1, 0.15) is 41.9 Å². The first kappa shape index (κ1) is 18.8. The minimum atomic E-state index is -0.127. The average Bonchev–Trinajstić information content (AvgIpc) is 3.10. The number of rotatable bonds is 4. The number of carbonyl (C=O) groups excluding carboxylic acids is 1. The maximum absolute atomic E-state index is 12.9. The summed E-state index contributed by atoms with van der Waals surface area (Å²) in [6.07, 6.45) is 1.52. The van der Waals surface area contributed by atoms with Crippen LogP contribution in [-0.4, -0.2) is 61.8 Å². The highest BCUT2D eigenvalue weighted by Crippen LogP contribution is 2.19. The Morgan fingerprint density at radius 2 is 1.93 bits per heavy atom. The predicted octanol–water partition coefficient (Wildman–Crippen LogP) is 3.09. The SMILES string of the molecule is CC(C)c1ncc(Cl)c(C(=O)N2CCN(Cc3nc4ccccc4[nH]3)CC2)n1. The van der Waals surface area contributed by atoms with Crippen molar-refractivity contribution in [3.63, 3.8) is 0 Å². The van der Waals surface area contributed by atoms with Gasteiger partial charge in [0.25, 0.3) is 5.91 Å². The number of imidazole rings is 1. The Labute approximate surface area is 168 Å². The maximum atomic E-state index is 12.9. The Balaban J connectivity index is 1.39. The van der Waals surface area contributed by atoms with Gasteiger partial charge in [0.2, 0.25) is 0 Å². The number of nitrogens with one attached hydrogen (secondary N) is 1. The van der Waals surface area contributed by atoms with Gasteiger partial charge in [-0.25, -0.2) is 15.0 Å². The molecule has 1 N–H and O–H groups in total. The van der Waals surface area contributed by atoms with Gasteiger partial charge in [0.15, 0.2) is 5.69 Å². The van der Waals surface area contributed by atoms with Crippen LogP contribution < -0.4 is 0 Å². The molecule has 1 saturated heterocycles. The monoisotopic (exact) mass is 398 g/mol. The van der Waals surface area contributed by atoms with Crippen molar-refractivity contribution in [1.82, 2.24) is 29.7 Å². The molecule has 28 heavy (non-hydrogen) atoms. The lowest BCUT2D eigenvalue weighted by atomic mass is 10.2. The van der Waals surface area contributed by atoms with Crippen molar-refractivity contribution < 1.29 is 4.79 Å². The van der Waals surface area contributed by atoms with Crippen molar-refractivity contribution in [3.8, 4) is 0 Å². The molecule has 7 nitrogen and oxygen atoms in total. The van der Waals surface area contributed by atoms with Crippen LogP contribution in [0.3, 0.4) is 0 Å². The normalized spacial score (nSPS) is 15.5. The molecule has 0 saturated carbocycles. The molecular formula is C20H23ClN6O. The van der Waals surface area contributed by atoms with Crippen LogP contribution in [0.2, 0.25) is 5.02 Å². The standard InChI is InChI=1S/C20H23ClN6O/c1-13(2)19-22-11-14(21)18(25-19)20(28)27-9-7-26(8-10-27)12-17-23-15-5-3-4-6-16(15)24-17/h3-6,11,13H,7-10,12H2,1-2H3,(H,23,24). The topological polar surface area (TPSA) is 78.0 Å². The van der Waals surface area contributed by atoms with Crippen molar-refractivity contribution in [2.45, 2.75) is 26.3 Å². The van der Waals surface area contributed by atoms with Gasteiger partial charge in [0, 0.05) is 32.1 Å². The number of fused-ring (bicyclic) bond motifs is 1. The molecule has 0 atom stereocenters. The number of amides is 1. The average molecular weight is 399 g/mol. The number of aromatic amines is 1. The van der Waals surface area contributed by atoms with Gasteiger partial charge in [-0.2, -0.15) is 0 Å². The smallest absolute Gasteiger partial charge is 0.274 e. The highest BCUT2D eigenvalue weighted by atomic mass is 35.5. The van der Waals surface area contributed by atoms with Gasteiger partial charge >= 0.3 is 0 Å². The fraction of sp³-hybridized carbons (Fsp3) is 0.400. The molecule has 2 aromatic heterocycles. The number of para-hydroxylation sites is 2. The number of aromatic nitrogens is 4. The summed E-state index contributed by atoms with van der Waals surface area (Å²) in [6, 6.07) is 8.01. The van der Waals surface area contributed by atoms with Crippen LogP contribution in [-0.2, 0) is 6.54 Å². The number of halogens is 1. The highest BCUT2D eigenvalue weighted by Gasteiger charge is 2.26. The first-order valence-electron chi connectivity index (χ1n) is 9.49. The van der Waals surface area contributed by atoms with Gasteiger partial charge in [0.1, 0.15) is 11.6 Å². The zero-order valence-electron chi connectivity index (χ0n) is 16.0. The van der Waals surface area contributed by atoms with E-state index >= 15 is 0 Å². The summed E-state index contributed by atoms with van der Waals surface area (Å²) < 4.78 is 0. The molecule has 4 rings (SSSR count). The molecule has 0 bridgehead atoms. The van der Waals surface area contributed by atoms with Crippen LogP contribution in [0.25, 0.3) is 11.0 Å². The number of hydrogen-bond donors (Lipinski definition) is 1. The zero-order chi connectivity index (χ0) is 19.7. The summed E-state index contributed by atoms with van der Waals surface area (Å²) >= 11 is 6.19. The summed E-state index contributed by atoms with van der Waals surface area (Å²) in [5.41, 5.74) is 2.32. The molecular weight excluding hydrogens is 376 g/mol. The first-order chi connectivity index (χ1) is 13.5. The molecule has 1 amide bonds. The maximum Gasteiger partial charge on any atom is 0.274 e. The second kappa shape index (κ2) is 7.85. The Hall–Kier alpha value is -2.51. The Morgan fingerprint density at radius 3 is 2.64 bits per heavy atom. The van der Waals surface area contributed by atoms with Crippen LogP contribution in [0.15, 0.2) is 30.5 Å². The van der Waals surface area contributed by atoms with Crippen molar-refractivity contribution >= 4 is 28.5 Å². The van der Waals surface area contributed by atoms with E-state index in [4.69, 9.17) is 11.6 Å². The molecule has 0 aliphatic carbocycles. The van der Waals surface area contributed by atoms with E-state index < -0.39 is 0 Å². The third kappa shape index (κ3) is 3.86. The van der Waals surface area contributed by atoms with E-state index in [1.54, 1.807) is 0 Å². The highest BCUT2D eigenvalue weighted by molar-refractivity contribution is 6.33. The van der Waals surface area contributed by atoms with E-state index in [1.165, 1.54) is 6.20 Å². The molecule has 0 unspecified atom stereocenters. The molecule has 1 aromatic carbocycles. The third-order valence-electron chi connectivity index (χ3n) is 4.95. The fourth-order valence-corrected chi connectivity index (χ4v) is 3.53. The Kier molecular flexibility index (Phi) is 5.28. The second-order valence-corrected chi connectivity index (χ2v) is 7.76. The van der Waals surface area contributed by atoms with E-state index in [0.717, 1.165) is 36.5 Å². The summed E-state index contributed by atoms with van der Waals surface area (Å²) in [4.78, 5) is 33.6. The fourth-order valence-electron chi connectivity index (χ4n) is 3.36. The molecule has 1 fully saturated rings. The molecule has 1 aliphatic heterocycles. The molecule has 146 valence electrons. The minimum Gasteiger partial charge on any atom is -0.341 e. The summed E-state index contributed by atoms with van der Waals surface area (Å²) in [7, 11) is 0. The quantitative estimate of drug-likeness (QED) is 0.730. The van der Waals surface area contributed by atoms with Crippen molar-refractivity contribution in [1.29, 1.82) is 0 Å². The number of nitrogens with zero attached hydrogens (tertiary/aromatic N) is 5. The number of piperazine rings is 1. The third-order valence-corrected chi connectivity index (χ3v) is 5.23. The van der Waals surface area contributed by atoms with Gasteiger partial charge in [0.05, 0.1) is 28.8 Å². The van der Waals surface area contributed by atoms with Crippen LogP contribution in [0.4, 0.5) is 0 Å². The van der Waals surface area contributed by atoms with Crippen molar-refractivity contribution in [3.05, 3.63) is 52.8 Å². The van der Waals surface area contributed by atoms with Crippen LogP contribution in [0.5, 0.6) is 0 Å². The zero-order valence-corrected chi connectivity index (χ0v) is 16.8. The van der Waals surface area contributed by atoms with Gasteiger partial charge in [-0.05, 0) is 12.1 Å². The Bertz CT molecular complexity index is 960. The Morgan fingerprint density at radius 1 is 1.18 bits per heavy atom. The molecule has 3 aromatic rings. The van der Waals surface area contributed by atoms with E-state index in [2.05, 4.69) is 24.8 Å². The molecule has 3 heterocycles. The second-order valence-electron chi connectivity index (χ2n) is 7.35. The van der Waals surface area contributed by atoms with Crippen molar-refractivity contribution in [2.75, 3.05) is 26.2 Å². The number of hydrogen-bond acceptors (Lipinski definition) is 5. The summed E-state index contributed by atoms with van der Waals surface area (Å²) in [6.45, 7) is 7.56. The molecule has 0 radical (unpaired) electrons. The van der Waals surface area contributed by atoms with Gasteiger partial charge in [-0.15, -0.1) is 0 Å². The number of H-pyrrole nitrogens is 1. The summed E-state index contributed by atoms with van der Waals surface area (Å²) in [5.74, 6) is 1.60. The predicted molar refractivity (Wildman–Crippen MR) is 108 cm³/mol. The molecule has 1 aliphatic rings. The number of carbonyl (C=O) groups is 1. The summed E-state index contributed by atoms with van der Waals surface area (Å²) in [5, 5.41) is 0.305. The lowest BCUT2D eigenvalue weighted by Crippen LogP contribution is -2.48. The number of benzene rings is 1. The molecule has 8 heteroatoms. The van der Waals surface area contributed by atoms with E-state index in [0.29, 0.717) is 29.6 Å². The lowest BCUT2D eigenvalue weighted by Gasteiger charge is -2.34. The molecule has 0 spiro atoms. The van der Waals surface area contributed by atoms with Gasteiger partial charge in [-0.3, -0.25) is 9.69 Å². The first-order valence-corrected chi connectivity index (χ1v) is 9.87. The largest absolute Gasteiger partial charge is 0.341 e. The van der Waals surface area contributed by atoms with E-state index in [-0.39, 0.29) is 11.8 Å². The van der Waals surface area contributed by atoms with Gasteiger partial charge in [-0.1, -0.05) is 37.6 Å². The van der Waals surface area contributed by atoms with Crippen LogP contribution >= 0.6 is 11.6 Å². The van der Waals surface area contributed by atoms with Gasteiger partial charge < -0.3 is 9.88 Å². The minimum absolute atomic E-state index is 0.127.